The molecule has 0 saturated carbocycles. The van der Waals surface area contributed by atoms with E-state index in [1.807, 2.05) is 13.0 Å². The summed E-state index contributed by atoms with van der Waals surface area (Å²) in [5, 5.41) is 0. The fourth-order valence-electron chi connectivity index (χ4n) is 1.85. The summed E-state index contributed by atoms with van der Waals surface area (Å²) >= 11 is 0. The second-order valence-corrected chi connectivity index (χ2v) is 4.38. The van der Waals surface area contributed by atoms with E-state index in [2.05, 4.69) is 4.98 Å². The predicted molar refractivity (Wildman–Crippen MR) is 64.9 cm³/mol. The Hall–Kier alpha value is -1.62. The van der Waals surface area contributed by atoms with Crippen molar-refractivity contribution in [1.29, 1.82) is 0 Å². The summed E-state index contributed by atoms with van der Waals surface area (Å²) in [5.74, 6) is 1.18. The van der Waals surface area contributed by atoms with Gasteiger partial charge in [-0.25, -0.2) is 4.98 Å². The highest BCUT2D eigenvalue weighted by molar-refractivity contribution is 5.98. The largest absolute Gasteiger partial charge is 0.477 e. The van der Waals surface area contributed by atoms with Gasteiger partial charge in [0.05, 0.1) is 0 Å². The molecule has 1 amide bonds. The summed E-state index contributed by atoms with van der Waals surface area (Å²) in [4.78, 5) is 17.7. The van der Waals surface area contributed by atoms with Crippen LogP contribution in [0.15, 0.2) is 18.3 Å². The van der Waals surface area contributed by atoms with Gasteiger partial charge < -0.3 is 10.5 Å². The Morgan fingerprint density at radius 3 is 3.12 bits per heavy atom. The normalized spacial score (nSPS) is 20.8. The molecule has 0 aromatic carbocycles. The summed E-state index contributed by atoms with van der Waals surface area (Å²) < 4.78 is 5.66. The summed E-state index contributed by atoms with van der Waals surface area (Å²) in [6.45, 7) is 1.92. The molecule has 0 saturated heterocycles. The van der Waals surface area contributed by atoms with E-state index in [1.165, 1.54) is 0 Å². The monoisotopic (exact) mass is 235 g/mol. The first-order valence-corrected chi connectivity index (χ1v) is 5.74. The van der Waals surface area contributed by atoms with Gasteiger partial charge in [-0.15, -0.1) is 0 Å². The number of carbonyl (C=O) groups excluding carboxylic acids is 1. The molecule has 5 nitrogen and oxygen atoms in total. The number of nitrogens with two attached hydrogens (primary N) is 1. The van der Waals surface area contributed by atoms with Crippen LogP contribution in [0.5, 0.6) is 5.75 Å². The van der Waals surface area contributed by atoms with Crippen LogP contribution in [-0.2, 0) is 4.79 Å². The molecule has 0 radical (unpaired) electrons. The zero-order chi connectivity index (χ0) is 12.4. The van der Waals surface area contributed by atoms with Crippen molar-refractivity contribution >= 4 is 11.7 Å². The van der Waals surface area contributed by atoms with Crippen molar-refractivity contribution in [2.45, 2.75) is 31.9 Å². The molecular weight excluding hydrogens is 218 g/mol. The van der Waals surface area contributed by atoms with Gasteiger partial charge in [-0.2, -0.15) is 0 Å². The van der Waals surface area contributed by atoms with Crippen LogP contribution in [-0.4, -0.2) is 30.1 Å². The molecule has 92 valence electrons. The molecule has 1 aromatic rings. The third kappa shape index (κ3) is 2.39. The standard InChI is InChI=1S/C12H17N3O2/c1-8(13)5-6-10-12(16)15(2)11-9(17-10)4-3-7-14-11/h3-4,7-8,10H,5-6,13H2,1-2H3. The highest BCUT2D eigenvalue weighted by Gasteiger charge is 2.32. The first-order chi connectivity index (χ1) is 8.09. The lowest BCUT2D eigenvalue weighted by molar-refractivity contribution is -0.126. The van der Waals surface area contributed by atoms with Crippen LogP contribution in [0.2, 0.25) is 0 Å². The average molecular weight is 235 g/mol. The number of hydrogen-bond acceptors (Lipinski definition) is 4. The molecule has 0 bridgehead atoms. The molecule has 1 aromatic heterocycles. The molecule has 2 heterocycles. The van der Waals surface area contributed by atoms with Crippen LogP contribution in [0.1, 0.15) is 19.8 Å². The molecular formula is C12H17N3O2. The van der Waals surface area contributed by atoms with Gasteiger partial charge in [0, 0.05) is 19.3 Å². The number of hydrogen-bond donors (Lipinski definition) is 1. The van der Waals surface area contributed by atoms with Gasteiger partial charge in [0.1, 0.15) is 0 Å². The summed E-state index contributed by atoms with van der Waals surface area (Å²) in [5.41, 5.74) is 5.69. The van der Waals surface area contributed by atoms with Crippen molar-refractivity contribution in [3.8, 4) is 5.75 Å². The van der Waals surface area contributed by atoms with E-state index < -0.39 is 6.10 Å². The number of pyridine rings is 1. The third-order valence-electron chi connectivity index (χ3n) is 2.83. The van der Waals surface area contributed by atoms with Crippen LogP contribution >= 0.6 is 0 Å². The minimum Gasteiger partial charge on any atom is -0.477 e. The zero-order valence-corrected chi connectivity index (χ0v) is 10.1. The van der Waals surface area contributed by atoms with E-state index in [9.17, 15) is 4.79 Å². The Morgan fingerprint density at radius 2 is 2.41 bits per heavy atom. The molecule has 0 spiro atoms. The van der Waals surface area contributed by atoms with Gasteiger partial charge in [-0.3, -0.25) is 9.69 Å². The van der Waals surface area contributed by atoms with Crippen LogP contribution in [0.4, 0.5) is 5.82 Å². The number of anilines is 1. The van der Waals surface area contributed by atoms with Gasteiger partial charge >= 0.3 is 0 Å². The van der Waals surface area contributed by atoms with E-state index in [4.69, 9.17) is 10.5 Å². The molecule has 0 fully saturated rings. The van der Waals surface area contributed by atoms with Crippen molar-refractivity contribution in [2.24, 2.45) is 5.73 Å². The Balaban J connectivity index is 2.16. The molecule has 17 heavy (non-hydrogen) atoms. The van der Waals surface area contributed by atoms with E-state index in [1.54, 1.807) is 24.2 Å². The molecule has 1 aliphatic heterocycles. The maximum atomic E-state index is 12.0. The molecule has 1 aliphatic rings. The quantitative estimate of drug-likeness (QED) is 0.846. The zero-order valence-electron chi connectivity index (χ0n) is 10.1. The predicted octanol–water partition coefficient (Wildman–Crippen LogP) is 0.933. The molecule has 2 N–H and O–H groups in total. The van der Waals surface area contributed by atoms with Crippen LogP contribution in [0, 0.1) is 0 Å². The minimum atomic E-state index is -0.442. The van der Waals surface area contributed by atoms with E-state index in [0.717, 1.165) is 6.42 Å². The van der Waals surface area contributed by atoms with E-state index in [0.29, 0.717) is 18.0 Å². The van der Waals surface area contributed by atoms with Crippen molar-refractivity contribution in [3.05, 3.63) is 18.3 Å². The SMILES string of the molecule is CC(N)CCC1Oc2cccnc2N(C)C1=O. The third-order valence-corrected chi connectivity index (χ3v) is 2.83. The summed E-state index contributed by atoms with van der Waals surface area (Å²) in [7, 11) is 1.72. The second kappa shape index (κ2) is 4.71. The Bertz CT molecular complexity index is 420. The molecule has 2 atom stereocenters. The number of nitrogens with zero attached hydrogens (tertiary/aromatic N) is 2. The Morgan fingerprint density at radius 1 is 1.65 bits per heavy atom. The van der Waals surface area contributed by atoms with Crippen LogP contribution in [0.3, 0.4) is 0 Å². The molecule has 0 aliphatic carbocycles. The van der Waals surface area contributed by atoms with Gasteiger partial charge in [0.25, 0.3) is 5.91 Å². The number of ether oxygens (including phenoxy) is 1. The number of aromatic nitrogens is 1. The highest BCUT2D eigenvalue weighted by Crippen LogP contribution is 2.31. The van der Waals surface area contributed by atoms with Crippen LogP contribution < -0.4 is 15.4 Å². The first kappa shape index (κ1) is 11.9. The fraction of sp³-hybridized carbons (Fsp3) is 0.500. The van der Waals surface area contributed by atoms with Crippen molar-refractivity contribution in [3.63, 3.8) is 0 Å². The maximum Gasteiger partial charge on any atom is 0.269 e. The number of rotatable bonds is 3. The lowest BCUT2D eigenvalue weighted by Crippen LogP contribution is -2.44. The van der Waals surface area contributed by atoms with Gasteiger partial charge in [-0.05, 0) is 31.9 Å². The number of carbonyl (C=O) groups is 1. The first-order valence-electron chi connectivity index (χ1n) is 5.74. The van der Waals surface area contributed by atoms with Crippen LogP contribution in [0.25, 0.3) is 0 Å². The maximum absolute atomic E-state index is 12.0. The van der Waals surface area contributed by atoms with Gasteiger partial charge in [0.2, 0.25) is 0 Å². The lowest BCUT2D eigenvalue weighted by atomic mass is 10.1. The summed E-state index contributed by atoms with van der Waals surface area (Å²) in [6.07, 6.45) is 2.60. The lowest BCUT2D eigenvalue weighted by Gasteiger charge is -2.31. The second-order valence-electron chi connectivity index (χ2n) is 4.38. The number of amides is 1. The number of fused-ring (bicyclic) bond motifs is 1. The molecule has 2 unspecified atom stereocenters. The fourth-order valence-corrected chi connectivity index (χ4v) is 1.85. The average Bonchev–Trinajstić information content (AvgIpc) is 2.32. The smallest absolute Gasteiger partial charge is 0.269 e. The summed E-state index contributed by atoms with van der Waals surface area (Å²) in [6, 6.07) is 3.70. The highest BCUT2D eigenvalue weighted by atomic mass is 16.5. The number of likely N-dealkylation sites (N-methyl/N-ethyl adjacent to an activating group) is 1. The van der Waals surface area contributed by atoms with E-state index >= 15 is 0 Å². The van der Waals surface area contributed by atoms with Crippen molar-refractivity contribution < 1.29 is 9.53 Å². The Labute approximate surface area is 101 Å². The Kier molecular flexibility index (Phi) is 3.28. The van der Waals surface area contributed by atoms with Crippen molar-refractivity contribution in [1.82, 2.24) is 4.98 Å². The molecule has 5 heteroatoms. The van der Waals surface area contributed by atoms with Crippen molar-refractivity contribution in [2.75, 3.05) is 11.9 Å². The van der Waals surface area contributed by atoms with Gasteiger partial charge in [-0.1, -0.05) is 0 Å². The topological polar surface area (TPSA) is 68.5 Å². The minimum absolute atomic E-state index is 0.0585. The van der Waals surface area contributed by atoms with E-state index in [-0.39, 0.29) is 11.9 Å². The molecule has 2 rings (SSSR count). The van der Waals surface area contributed by atoms with Gasteiger partial charge in [0.15, 0.2) is 17.7 Å².